The lowest BCUT2D eigenvalue weighted by Gasteiger charge is -2.20. The molecule has 0 saturated heterocycles. The minimum absolute atomic E-state index is 0.110. The topological polar surface area (TPSA) is 0 Å². The van der Waals surface area contributed by atoms with Crippen LogP contribution in [0.4, 0.5) is 0 Å². The van der Waals surface area contributed by atoms with Crippen molar-refractivity contribution in [3.8, 4) is 0 Å². The van der Waals surface area contributed by atoms with E-state index in [1.807, 2.05) is 37.3 Å². The first-order valence-corrected chi connectivity index (χ1v) is 9.28. The van der Waals surface area contributed by atoms with Gasteiger partial charge in [-0.05, 0) is 12.0 Å². The monoisotopic (exact) mass is 252 g/mol. The molecule has 0 bridgehead atoms. The molecule has 0 aromatic heterocycles. The third kappa shape index (κ3) is 3.17. The Hall–Kier alpha value is 0.307. The minimum Gasteiger partial charge on any atom is -0.125 e. The second kappa shape index (κ2) is 4.69. The standard InChI is InChI=1S/C9H11Cl3Si/c1-2-9(13(10,11)12)8-6-4-3-5-7-8/h3-7,9H,2H2,1H3/t9-/m0/s1. The molecule has 0 saturated carbocycles. The Balaban J connectivity index is 2.92. The number of benzene rings is 1. The zero-order chi connectivity index (χ0) is 9.90. The molecule has 1 aromatic carbocycles. The van der Waals surface area contributed by atoms with Gasteiger partial charge >= 0.3 is 6.00 Å². The summed E-state index contributed by atoms with van der Waals surface area (Å²) in [6, 6.07) is 7.34. The molecular weight excluding hydrogens is 243 g/mol. The molecule has 1 rings (SSSR count). The second-order valence-corrected chi connectivity index (χ2v) is 11.8. The van der Waals surface area contributed by atoms with Crippen molar-refractivity contribution < 1.29 is 0 Å². The molecule has 1 aromatic rings. The van der Waals surface area contributed by atoms with Crippen molar-refractivity contribution in [2.45, 2.75) is 18.9 Å². The molecule has 0 radical (unpaired) electrons. The fourth-order valence-electron chi connectivity index (χ4n) is 1.34. The van der Waals surface area contributed by atoms with E-state index in [0.29, 0.717) is 0 Å². The zero-order valence-corrected chi connectivity index (χ0v) is 10.6. The summed E-state index contributed by atoms with van der Waals surface area (Å²) in [5, 5.41) is 0. The summed E-state index contributed by atoms with van der Waals surface area (Å²) in [4.78, 5) is 0. The average molecular weight is 254 g/mol. The lowest BCUT2D eigenvalue weighted by atomic mass is 10.1. The summed E-state index contributed by atoms with van der Waals surface area (Å²) in [5.41, 5.74) is 1.25. The van der Waals surface area contributed by atoms with Gasteiger partial charge in [-0.1, -0.05) is 37.3 Å². The molecule has 4 heteroatoms. The molecule has 0 nitrogen and oxygen atoms in total. The van der Waals surface area contributed by atoms with Crippen LogP contribution in [0.3, 0.4) is 0 Å². The van der Waals surface area contributed by atoms with Gasteiger partial charge in [0.25, 0.3) is 0 Å². The molecule has 13 heavy (non-hydrogen) atoms. The fourth-order valence-corrected chi connectivity index (χ4v) is 4.90. The van der Waals surface area contributed by atoms with Crippen LogP contribution in [0.5, 0.6) is 0 Å². The summed E-state index contributed by atoms with van der Waals surface area (Å²) >= 11 is 18.0. The molecule has 0 heterocycles. The van der Waals surface area contributed by atoms with E-state index in [4.69, 9.17) is 33.2 Å². The van der Waals surface area contributed by atoms with Crippen molar-refractivity contribution in [2.75, 3.05) is 0 Å². The smallest absolute Gasteiger partial charge is 0.125 e. The summed E-state index contributed by atoms with van der Waals surface area (Å²) in [5.74, 6) is 0. The molecular formula is C9H11Cl3Si. The van der Waals surface area contributed by atoms with Crippen molar-refractivity contribution >= 4 is 39.2 Å². The van der Waals surface area contributed by atoms with E-state index in [0.717, 1.165) is 12.0 Å². The van der Waals surface area contributed by atoms with E-state index in [-0.39, 0.29) is 5.54 Å². The maximum absolute atomic E-state index is 6.00. The predicted octanol–water partition coefficient (Wildman–Crippen LogP) is 4.37. The van der Waals surface area contributed by atoms with Crippen molar-refractivity contribution in [2.24, 2.45) is 0 Å². The van der Waals surface area contributed by atoms with E-state index in [9.17, 15) is 0 Å². The largest absolute Gasteiger partial charge is 0.348 e. The van der Waals surface area contributed by atoms with Crippen molar-refractivity contribution in [3.63, 3.8) is 0 Å². The van der Waals surface area contributed by atoms with Crippen LogP contribution in [-0.2, 0) is 0 Å². The highest BCUT2D eigenvalue weighted by atomic mass is 35.8. The van der Waals surface area contributed by atoms with E-state index in [2.05, 4.69) is 0 Å². The Kier molecular flexibility index (Phi) is 4.11. The highest BCUT2D eigenvalue weighted by molar-refractivity contribution is 7.65. The van der Waals surface area contributed by atoms with E-state index in [1.165, 1.54) is 0 Å². The number of halogens is 3. The van der Waals surface area contributed by atoms with Gasteiger partial charge in [0.2, 0.25) is 0 Å². The molecule has 0 amide bonds. The molecule has 0 spiro atoms. The van der Waals surface area contributed by atoms with Gasteiger partial charge in [-0.3, -0.25) is 0 Å². The van der Waals surface area contributed by atoms with Gasteiger partial charge in [0, 0.05) is 5.54 Å². The number of hydrogen-bond acceptors (Lipinski definition) is 0. The normalized spacial score (nSPS) is 14.2. The first-order chi connectivity index (χ1) is 6.05. The van der Waals surface area contributed by atoms with Gasteiger partial charge < -0.3 is 0 Å². The van der Waals surface area contributed by atoms with Gasteiger partial charge in [0.15, 0.2) is 0 Å². The fraction of sp³-hybridized carbons (Fsp3) is 0.333. The van der Waals surface area contributed by atoms with Gasteiger partial charge in [-0.25, -0.2) is 0 Å². The van der Waals surface area contributed by atoms with Crippen LogP contribution >= 0.6 is 33.2 Å². The minimum atomic E-state index is -2.61. The summed E-state index contributed by atoms with van der Waals surface area (Å²) in [7, 11) is 0. The summed E-state index contributed by atoms with van der Waals surface area (Å²) in [6.45, 7) is 2.05. The van der Waals surface area contributed by atoms with E-state index >= 15 is 0 Å². The maximum atomic E-state index is 6.00. The average Bonchev–Trinajstić information content (AvgIpc) is 2.05. The van der Waals surface area contributed by atoms with Crippen LogP contribution < -0.4 is 0 Å². The van der Waals surface area contributed by atoms with Gasteiger partial charge in [0.05, 0.1) is 0 Å². The zero-order valence-electron chi connectivity index (χ0n) is 7.31. The number of hydrogen-bond donors (Lipinski definition) is 0. The third-order valence-electron chi connectivity index (χ3n) is 2.01. The number of rotatable bonds is 3. The molecule has 72 valence electrons. The second-order valence-electron chi connectivity index (χ2n) is 2.91. The van der Waals surface area contributed by atoms with Gasteiger partial charge in [-0.15, -0.1) is 33.2 Å². The van der Waals surface area contributed by atoms with Gasteiger partial charge in [-0.2, -0.15) is 0 Å². The molecule has 0 aliphatic rings. The Morgan fingerprint density at radius 2 is 1.69 bits per heavy atom. The lowest BCUT2D eigenvalue weighted by Crippen LogP contribution is -2.22. The van der Waals surface area contributed by atoms with Crippen LogP contribution in [0.2, 0.25) is 0 Å². The van der Waals surface area contributed by atoms with Crippen LogP contribution in [0.25, 0.3) is 0 Å². The molecule has 0 unspecified atom stereocenters. The van der Waals surface area contributed by atoms with E-state index < -0.39 is 6.00 Å². The Morgan fingerprint density at radius 1 is 1.15 bits per heavy atom. The van der Waals surface area contributed by atoms with Crippen LogP contribution in [0.1, 0.15) is 24.4 Å². The van der Waals surface area contributed by atoms with Gasteiger partial charge in [0.1, 0.15) is 0 Å². The lowest BCUT2D eigenvalue weighted by molar-refractivity contribution is 0.872. The van der Waals surface area contributed by atoms with E-state index in [1.54, 1.807) is 0 Å². The first-order valence-electron chi connectivity index (χ1n) is 4.17. The highest BCUT2D eigenvalue weighted by Gasteiger charge is 2.36. The SMILES string of the molecule is CC[C@@H](c1ccccc1)[Si](Cl)(Cl)Cl. The Labute approximate surface area is 93.9 Å². The molecule has 0 aliphatic heterocycles. The molecule has 0 aliphatic carbocycles. The first kappa shape index (κ1) is 11.4. The molecule has 0 fully saturated rings. The molecule has 0 N–H and O–H groups in total. The summed E-state index contributed by atoms with van der Waals surface area (Å²) < 4.78 is 0. The Bertz CT molecular complexity index is 255. The van der Waals surface area contributed by atoms with Crippen LogP contribution in [0, 0.1) is 0 Å². The van der Waals surface area contributed by atoms with Crippen LogP contribution in [0.15, 0.2) is 30.3 Å². The van der Waals surface area contributed by atoms with Crippen molar-refractivity contribution in [1.29, 1.82) is 0 Å². The molecule has 1 atom stereocenters. The summed E-state index contributed by atoms with van der Waals surface area (Å²) in [6.07, 6.45) is 0.882. The van der Waals surface area contributed by atoms with Crippen LogP contribution in [-0.4, -0.2) is 6.00 Å². The maximum Gasteiger partial charge on any atom is 0.348 e. The third-order valence-corrected chi connectivity index (χ3v) is 5.91. The van der Waals surface area contributed by atoms with Crippen molar-refractivity contribution in [1.82, 2.24) is 0 Å². The highest BCUT2D eigenvalue weighted by Crippen LogP contribution is 2.38. The van der Waals surface area contributed by atoms with Crippen molar-refractivity contribution in [3.05, 3.63) is 35.9 Å². The Morgan fingerprint density at radius 3 is 2.08 bits per heavy atom. The quantitative estimate of drug-likeness (QED) is 0.554. The predicted molar refractivity (Wildman–Crippen MR) is 62.8 cm³/mol.